The van der Waals surface area contributed by atoms with Crippen molar-refractivity contribution in [3.8, 4) is 0 Å². The number of nitrogens with one attached hydrogen (secondary N) is 1. The van der Waals surface area contributed by atoms with Crippen LogP contribution < -0.4 is 5.32 Å². The predicted molar refractivity (Wildman–Crippen MR) is 89.9 cm³/mol. The van der Waals surface area contributed by atoms with Crippen molar-refractivity contribution in [2.24, 2.45) is 0 Å². The average Bonchev–Trinajstić information content (AvgIpc) is 3.05. The van der Waals surface area contributed by atoms with Crippen LogP contribution in [0.4, 0.5) is 0 Å². The molecular weight excluding hydrogens is 294 g/mol. The lowest BCUT2D eigenvalue weighted by Crippen LogP contribution is -2.48. The summed E-state index contributed by atoms with van der Waals surface area (Å²) in [6, 6.07) is 0. The van der Waals surface area contributed by atoms with Gasteiger partial charge in [-0.1, -0.05) is 40.0 Å². The standard InChI is InChI=1S/C17H27N3OS/c1-5-20-13(12-11-18-14(22-12)16(2,3)4)19-17(15(20)21)9-7-6-8-10-17/h11,13,19H,5-10H2,1-4H3. The molecule has 1 aromatic rings. The first-order valence-corrected chi connectivity index (χ1v) is 9.24. The quantitative estimate of drug-likeness (QED) is 0.905. The van der Waals surface area contributed by atoms with Gasteiger partial charge >= 0.3 is 0 Å². The monoisotopic (exact) mass is 321 g/mol. The summed E-state index contributed by atoms with van der Waals surface area (Å²) in [4.78, 5) is 20.7. The Morgan fingerprint density at radius 1 is 1.36 bits per heavy atom. The van der Waals surface area contributed by atoms with E-state index in [1.54, 1.807) is 11.3 Å². The number of amides is 1. The molecule has 4 nitrogen and oxygen atoms in total. The Labute approximate surface area is 137 Å². The maximum Gasteiger partial charge on any atom is 0.244 e. The predicted octanol–water partition coefficient (Wildman–Crippen LogP) is 3.59. The third-order valence-corrected chi connectivity index (χ3v) is 6.35. The van der Waals surface area contributed by atoms with Crippen LogP contribution in [-0.2, 0) is 10.2 Å². The summed E-state index contributed by atoms with van der Waals surface area (Å²) in [6.45, 7) is 9.37. The molecule has 1 aliphatic carbocycles. The number of nitrogens with zero attached hydrogens (tertiary/aromatic N) is 2. The molecule has 2 fully saturated rings. The van der Waals surface area contributed by atoms with Gasteiger partial charge in [-0.05, 0) is 19.8 Å². The molecular formula is C17H27N3OS. The van der Waals surface area contributed by atoms with Crippen molar-refractivity contribution in [3.05, 3.63) is 16.1 Å². The Hall–Kier alpha value is -0.940. The fraction of sp³-hybridized carbons (Fsp3) is 0.765. The fourth-order valence-electron chi connectivity index (χ4n) is 3.62. The number of aromatic nitrogens is 1. The topological polar surface area (TPSA) is 45.2 Å². The first-order chi connectivity index (χ1) is 10.4. The summed E-state index contributed by atoms with van der Waals surface area (Å²) in [5.74, 6) is 0.297. The summed E-state index contributed by atoms with van der Waals surface area (Å²) >= 11 is 1.74. The first-order valence-electron chi connectivity index (χ1n) is 8.42. The lowest BCUT2D eigenvalue weighted by molar-refractivity contribution is -0.134. The molecule has 1 unspecified atom stereocenters. The summed E-state index contributed by atoms with van der Waals surface area (Å²) in [6.07, 6.45) is 7.47. The second kappa shape index (κ2) is 5.60. The summed E-state index contributed by atoms with van der Waals surface area (Å²) in [5.41, 5.74) is -0.254. The van der Waals surface area contributed by atoms with Gasteiger partial charge < -0.3 is 4.90 Å². The molecule has 22 heavy (non-hydrogen) atoms. The fourth-order valence-corrected chi connectivity index (χ4v) is 4.66. The van der Waals surface area contributed by atoms with Crippen LogP contribution in [0.15, 0.2) is 6.20 Å². The highest BCUT2D eigenvalue weighted by Crippen LogP contribution is 2.41. The number of thiazole rings is 1. The van der Waals surface area contributed by atoms with Crippen LogP contribution in [0.5, 0.6) is 0 Å². The average molecular weight is 321 g/mol. The van der Waals surface area contributed by atoms with Crippen molar-refractivity contribution in [1.29, 1.82) is 0 Å². The third-order valence-electron chi connectivity index (χ3n) is 4.88. The highest BCUT2D eigenvalue weighted by Gasteiger charge is 2.51. The lowest BCUT2D eigenvalue weighted by atomic mass is 9.82. The van der Waals surface area contributed by atoms with Crippen LogP contribution in [0.1, 0.15) is 75.8 Å². The normalized spacial score (nSPS) is 25.2. The zero-order valence-corrected chi connectivity index (χ0v) is 14.9. The molecule has 1 aliphatic heterocycles. The minimum absolute atomic E-state index is 0.00389. The third kappa shape index (κ3) is 2.58. The molecule has 1 saturated carbocycles. The van der Waals surface area contributed by atoms with E-state index in [1.165, 1.54) is 11.3 Å². The molecule has 5 heteroatoms. The molecule has 0 aromatic carbocycles. The number of likely N-dealkylation sites (N-methyl/N-ethyl adjacent to an activating group) is 1. The van der Waals surface area contributed by atoms with Crippen LogP contribution in [0.3, 0.4) is 0 Å². The molecule has 0 radical (unpaired) electrons. The largest absolute Gasteiger partial charge is 0.321 e. The molecule has 1 spiro atoms. The van der Waals surface area contributed by atoms with E-state index in [0.717, 1.165) is 37.2 Å². The van der Waals surface area contributed by atoms with E-state index in [0.29, 0.717) is 5.91 Å². The molecule has 1 saturated heterocycles. The molecule has 2 aliphatic rings. The maximum absolute atomic E-state index is 12.9. The lowest BCUT2D eigenvalue weighted by Gasteiger charge is -2.31. The van der Waals surface area contributed by atoms with Crippen molar-refractivity contribution < 1.29 is 4.79 Å². The summed E-state index contributed by atoms with van der Waals surface area (Å²) < 4.78 is 0. The zero-order valence-electron chi connectivity index (χ0n) is 14.1. The second-order valence-corrected chi connectivity index (χ2v) is 8.66. The van der Waals surface area contributed by atoms with Gasteiger partial charge in [-0.2, -0.15) is 0 Å². The Kier molecular flexibility index (Phi) is 4.06. The van der Waals surface area contributed by atoms with E-state index in [2.05, 4.69) is 38.0 Å². The van der Waals surface area contributed by atoms with E-state index >= 15 is 0 Å². The molecule has 122 valence electrons. The van der Waals surface area contributed by atoms with E-state index in [1.807, 2.05) is 11.1 Å². The van der Waals surface area contributed by atoms with Crippen molar-refractivity contribution in [3.63, 3.8) is 0 Å². The van der Waals surface area contributed by atoms with Gasteiger partial charge in [0.2, 0.25) is 5.91 Å². The van der Waals surface area contributed by atoms with Gasteiger partial charge in [0.25, 0.3) is 0 Å². The van der Waals surface area contributed by atoms with Gasteiger partial charge in [0.05, 0.1) is 15.4 Å². The molecule has 0 bridgehead atoms. The molecule has 1 atom stereocenters. The maximum atomic E-state index is 12.9. The highest BCUT2D eigenvalue weighted by molar-refractivity contribution is 7.11. The second-order valence-electron chi connectivity index (χ2n) is 7.60. The molecule has 3 rings (SSSR count). The number of rotatable bonds is 2. The summed E-state index contributed by atoms with van der Waals surface area (Å²) in [7, 11) is 0. The number of carbonyl (C=O) groups is 1. The molecule has 2 heterocycles. The van der Waals surface area contributed by atoms with Gasteiger partial charge in [0, 0.05) is 18.2 Å². The highest BCUT2D eigenvalue weighted by atomic mass is 32.1. The zero-order chi connectivity index (χ0) is 16.0. The number of hydrogen-bond donors (Lipinski definition) is 1. The minimum atomic E-state index is -0.315. The molecule has 1 amide bonds. The Bertz CT molecular complexity index is 554. The Balaban J connectivity index is 1.89. The van der Waals surface area contributed by atoms with Crippen molar-refractivity contribution in [2.75, 3.05) is 6.54 Å². The summed E-state index contributed by atoms with van der Waals surface area (Å²) in [5, 5.41) is 4.82. The van der Waals surface area contributed by atoms with Gasteiger partial charge in [0.15, 0.2) is 0 Å². The first kappa shape index (κ1) is 15.9. The van der Waals surface area contributed by atoms with Gasteiger partial charge in [-0.15, -0.1) is 11.3 Å². The van der Waals surface area contributed by atoms with Gasteiger partial charge in [0.1, 0.15) is 6.17 Å². The van der Waals surface area contributed by atoms with Crippen molar-refractivity contribution in [2.45, 2.75) is 76.9 Å². The van der Waals surface area contributed by atoms with E-state index in [4.69, 9.17) is 0 Å². The minimum Gasteiger partial charge on any atom is -0.321 e. The van der Waals surface area contributed by atoms with Crippen LogP contribution in [-0.4, -0.2) is 27.9 Å². The number of hydrogen-bond acceptors (Lipinski definition) is 4. The van der Waals surface area contributed by atoms with Crippen LogP contribution in [0, 0.1) is 0 Å². The smallest absolute Gasteiger partial charge is 0.244 e. The van der Waals surface area contributed by atoms with Gasteiger partial charge in [-0.25, -0.2) is 4.98 Å². The van der Waals surface area contributed by atoms with Crippen molar-refractivity contribution in [1.82, 2.24) is 15.2 Å². The van der Waals surface area contributed by atoms with Crippen LogP contribution in [0.25, 0.3) is 0 Å². The Morgan fingerprint density at radius 2 is 2.05 bits per heavy atom. The SMILES string of the molecule is CCN1C(=O)C2(CCCCC2)NC1c1cnc(C(C)(C)C)s1. The van der Waals surface area contributed by atoms with E-state index in [9.17, 15) is 4.79 Å². The van der Waals surface area contributed by atoms with Gasteiger partial charge in [-0.3, -0.25) is 10.1 Å². The Morgan fingerprint density at radius 3 is 2.59 bits per heavy atom. The number of carbonyl (C=O) groups excluding carboxylic acids is 1. The van der Waals surface area contributed by atoms with E-state index in [-0.39, 0.29) is 17.1 Å². The molecule has 1 aromatic heterocycles. The van der Waals surface area contributed by atoms with Crippen LogP contribution in [0.2, 0.25) is 0 Å². The van der Waals surface area contributed by atoms with E-state index < -0.39 is 0 Å². The van der Waals surface area contributed by atoms with Crippen LogP contribution >= 0.6 is 11.3 Å². The van der Waals surface area contributed by atoms with Crippen molar-refractivity contribution >= 4 is 17.2 Å². The molecule has 1 N–H and O–H groups in total.